The van der Waals surface area contributed by atoms with Crippen LogP contribution in [0.15, 0.2) is 42.5 Å². The fourth-order valence-electron chi connectivity index (χ4n) is 6.70. The van der Waals surface area contributed by atoms with Crippen LogP contribution < -0.4 is 9.47 Å². The molecule has 0 amide bonds. The number of hydrogen-bond donors (Lipinski definition) is 0. The first kappa shape index (κ1) is 27.1. The van der Waals surface area contributed by atoms with Crippen molar-refractivity contribution in [2.75, 3.05) is 13.7 Å². The summed E-state index contributed by atoms with van der Waals surface area (Å²) in [5, 5.41) is 4.60. The van der Waals surface area contributed by atoms with Gasteiger partial charge in [-0.25, -0.2) is 4.39 Å². The molecular weight excluding hydrogens is 519 g/mol. The Hall–Kier alpha value is -4.13. The van der Waals surface area contributed by atoms with E-state index in [2.05, 4.69) is 38.0 Å². The van der Waals surface area contributed by atoms with Gasteiger partial charge in [0.15, 0.2) is 0 Å². The van der Waals surface area contributed by atoms with Gasteiger partial charge >= 0.3 is 5.97 Å². The van der Waals surface area contributed by atoms with Crippen LogP contribution in [0.5, 0.6) is 11.5 Å². The second-order valence-electron chi connectivity index (χ2n) is 11.3. The van der Waals surface area contributed by atoms with Crippen LogP contribution in [0.3, 0.4) is 0 Å². The Balaban J connectivity index is 1.31. The minimum atomic E-state index is -0.393. The number of nitrogens with zero attached hydrogens (tertiary/aromatic N) is 2. The lowest BCUT2D eigenvalue weighted by molar-refractivity contribution is -0.141. The molecule has 0 radical (unpaired) electrons. The van der Waals surface area contributed by atoms with Crippen molar-refractivity contribution < 1.29 is 23.4 Å². The van der Waals surface area contributed by atoms with E-state index in [-0.39, 0.29) is 24.1 Å². The lowest BCUT2D eigenvalue weighted by Crippen LogP contribution is -2.09. The van der Waals surface area contributed by atoms with Gasteiger partial charge in [0.2, 0.25) is 0 Å². The van der Waals surface area contributed by atoms with Gasteiger partial charge in [0, 0.05) is 41.4 Å². The molecule has 0 saturated heterocycles. The van der Waals surface area contributed by atoms with E-state index in [9.17, 15) is 4.79 Å². The normalized spacial score (nSPS) is 17.2. The van der Waals surface area contributed by atoms with E-state index in [1.807, 2.05) is 42.9 Å². The summed E-state index contributed by atoms with van der Waals surface area (Å²) in [5.74, 6) is 0.791. The Morgan fingerprint density at radius 2 is 1.83 bits per heavy atom. The first-order valence-electron chi connectivity index (χ1n) is 14.1. The number of fused-ring (bicyclic) bond motifs is 2. The number of aryl methyl sites for hydroxylation is 4. The van der Waals surface area contributed by atoms with Crippen LogP contribution in [0.4, 0.5) is 4.39 Å². The zero-order valence-corrected chi connectivity index (χ0v) is 24.4. The maximum Gasteiger partial charge on any atom is 0.306 e. The van der Waals surface area contributed by atoms with Gasteiger partial charge in [-0.3, -0.25) is 9.48 Å². The largest absolute Gasteiger partial charge is 0.492 e. The zero-order chi connectivity index (χ0) is 29.0. The van der Waals surface area contributed by atoms with Gasteiger partial charge < -0.3 is 14.2 Å². The molecular formula is C34H35FN2O4. The fraction of sp³-hybridized carbons (Fsp3) is 0.353. The molecule has 3 aromatic carbocycles. The van der Waals surface area contributed by atoms with Gasteiger partial charge in [-0.05, 0) is 86.1 Å². The summed E-state index contributed by atoms with van der Waals surface area (Å²) in [6.07, 6.45) is 1.30. The summed E-state index contributed by atoms with van der Waals surface area (Å²) in [6, 6.07) is 13.6. The number of rotatable bonds is 6. The Morgan fingerprint density at radius 1 is 1.07 bits per heavy atom. The Labute approximate surface area is 240 Å². The number of benzene rings is 3. The van der Waals surface area contributed by atoms with Crippen molar-refractivity contribution in [2.45, 2.75) is 59.0 Å². The highest BCUT2D eigenvalue weighted by Gasteiger charge is 2.32. The van der Waals surface area contributed by atoms with Crippen molar-refractivity contribution >= 4 is 5.97 Å². The molecule has 1 unspecified atom stereocenters. The molecule has 6 nitrogen and oxygen atoms in total. The lowest BCUT2D eigenvalue weighted by Gasteiger charge is -2.19. The van der Waals surface area contributed by atoms with Crippen LogP contribution in [-0.2, 0) is 23.0 Å². The topological polar surface area (TPSA) is 62.6 Å². The average Bonchev–Trinajstić information content (AvgIpc) is 3.60. The predicted molar refractivity (Wildman–Crippen MR) is 156 cm³/mol. The third kappa shape index (κ3) is 4.67. The molecule has 0 bridgehead atoms. The first-order valence-corrected chi connectivity index (χ1v) is 14.1. The van der Waals surface area contributed by atoms with Gasteiger partial charge in [-0.2, -0.15) is 5.10 Å². The molecule has 1 aliphatic heterocycles. The molecule has 1 aromatic heterocycles. The molecule has 0 spiro atoms. The van der Waals surface area contributed by atoms with Crippen LogP contribution in [0.1, 0.15) is 64.1 Å². The van der Waals surface area contributed by atoms with Crippen molar-refractivity contribution in [3.63, 3.8) is 0 Å². The summed E-state index contributed by atoms with van der Waals surface area (Å²) in [6.45, 7) is 8.82. The molecule has 41 heavy (non-hydrogen) atoms. The summed E-state index contributed by atoms with van der Waals surface area (Å²) in [4.78, 5) is 11.8. The summed E-state index contributed by atoms with van der Waals surface area (Å²) < 4.78 is 34.4. The molecule has 1 aliphatic carbocycles. The van der Waals surface area contributed by atoms with E-state index in [1.54, 1.807) is 6.07 Å². The van der Waals surface area contributed by atoms with E-state index in [0.717, 1.165) is 62.3 Å². The molecule has 212 valence electrons. The van der Waals surface area contributed by atoms with Gasteiger partial charge in [-0.1, -0.05) is 24.3 Å². The molecule has 6 rings (SSSR count). The average molecular weight is 555 g/mol. The van der Waals surface area contributed by atoms with Gasteiger partial charge in [0.1, 0.15) is 23.4 Å². The van der Waals surface area contributed by atoms with Crippen molar-refractivity contribution in [1.29, 1.82) is 0 Å². The predicted octanol–water partition coefficient (Wildman–Crippen LogP) is 7.23. The van der Waals surface area contributed by atoms with Crippen molar-refractivity contribution in [3.8, 4) is 33.8 Å². The van der Waals surface area contributed by atoms with E-state index in [4.69, 9.17) is 14.2 Å². The number of carbonyl (C=O) groups excluding carboxylic acids is 1. The van der Waals surface area contributed by atoms with Gasteiger partial charge in [0.25, 0.3) is 0 Å². The van der Waals surface area contributed by atoms with Crippen LogP contribution in [0.2, 0.25) is 0 Å². The van der Waals surface area contributed by atoms with Crippen LogP contribution in [0, 0.1) is 33.5 Å². The minimum absolute atomic E-state index is 0.0393. The molecule has 4 aromatic rings. The van der Waals surface area contributed by atoms with Gasteiger partial charge in [-0.15, -0.1) is 0 Å². The molecule has 0 saturated carbocycles. The smallest absolute Gasteiger partial charge is 0.306 e. The van der Waals surface area contributed by atoms with Gasteiger partial charge in [0.05, 0.1) is 25.8 Å². The number of aromatic nitrogens is 2. The number of methoxy groups -OCH3 is 1. The molecule has 2 aliphatic rings. The Bertz CT molecular complexity index is 1670. The summed E-state index contributed by atoms with van der Waals surface area (Å²) in [7, 11) is 3.36. The SMILES string of the molecule is COC(=O)CC1COc2cc(O[C@@H]3CCc4c(-c5c(C)cc(-c6c(C)nn(C)c6C)cc5C)ccc(F)c43)ccc21. The molecule has 2 heterocycles. The summed E-state index contributed by atoms with van der Waals surface area (Å²) >= 11 is 0. The number of carbonyl (C=O) groups is 1. The molecule has 0 fully saturated rings. The molecule has 7 heteroatoms. The van der Waals surface area contributed by atoms with Crippen LogP contribution in [-0.4, -0.2) is 29.5 Å². The quantitative estimate of drug-likeness (QED) is 0.235. The minimum Gasteiger partial charge on any atom is -0.492 e. The van der Waals surface area contributed by atoms with Crippen LogP contribution >= 0.6 is 0 Å². The highest BCUT2D eigenvalue weighted by Crippen LogP contribution is 2.45. The summed E-state index contributed by atoms with van der Waals surface area (Å²) in [5.41, 5.74) is 11.6. The van der Waals surface area contributed by atoms with Crippen molar-refractivity contribution in [1.82, 2.24) is 9.78 Å². The second kappa shape index (κ2) is 10.4. The number of halogens is 1. The Kier molecular flexibility index (Phi) is 6.84. The van der Waals surface area contributed by atoms with E-state index in [1.165, 1.54) is 7.11 Å². The lowest BCUT2D eigenvalue weighted by atomic mass is 9.87. The number of ether oxygens (including phenoxy) is 3. The molecule has 0 N–H and O–H groups in total. The second-order valence-corrected chi connectivity index (χ2v) is 11.3. The monoisotopic (exact) mass is 554 g/mol. The Morgan fingerprint density at radius 3 is 2.51 bits per heavy atom. The van der Waals surface area contributed by atoms with Crippen molar-refractivity contribution in [3.05, 3.63) is 87.5 Å². The van der Waals surface area contributed by atoms with E-state index in [0.29, 0.717) is 30.1 Å². The highest BCUT2D eigenvalue weighted by molar-refractivity contribution is 5.80. The highest BCUT2D eigenvalue weighted by atomic mass is 19.1. The zero-order valence-electron chi connectivity index (χ0n) is 24.4. The third-order valence-electron chi connectivity index (χ3n) is 8.67. The van der Waals surface area contributed by atoms with E-state index < -0.39 is 6.10 Å². The van der Waals surface area contributed by atoms with E-state index >= 15 is 4.39 Å². The third-order valence-corrected chi connectivity index (χ3v) is 8.67. The maximum absolute atomic E-state index is 15.4. The van der Waals surface area contributed by atoms with Crippen molar-refractivity contribution in [2.24, 2.45) is 7.05 Å². The van der Waals surface area contributed by atoms with Crippen LogP contribution in [0.25, 0.3) is 22.3 Å². The number of hydrogen-bond acceptors (Lipinski definition) is 5. The first-order chi connectivity index (χ1) is 19.7. The number of esters is 1. The standard InChI is InChI=1S/C34H35FN2O4/c1-18-13-22(33-20(3)36-37(5)21(33)4)14-19(2)32(18)26-9-11-28(35)34-27(26)10-12-29(34)41-24-7-8-25-23(15-31(38)39-6)17-40-30(25)16-24/h7-9,11,13-14,16,23,29H,10,12,15,17H2,1-6H3/t23?,29-/m1/s1. The fourth-order valence-corrected chi connectivity index (χ4v) is 6.70. The molecule has 2 atom stereocenters. The maximum atomic E-state index is 15.4.